The Hall–Kier alpha value is -5.10. The van der Waals surface area contributed by atoms with E-state index in [9.17, 15) is 0 Å². The van der Waals surface area contributed by atoms with Crippen molar-refractivity contribution in [3.05, 3.63) is 72.7 Å². The van der Waals surface area contributed by atoms with Crippen molar-refractivity contribution in [2.24, 2.45) is 49.9 Å². The second-order valence-corrected chi connectivity index (χ2v) is 14.7. The van der Waals surface area contributed by atoms with Crippen molar-refractivity contribution in [2.75, 3.05) is 56.4 Å². The Balaban J connectivity index is -0.0000000422. The summed E-state index contributed by atoms with van der Waals surface area (Å²) in [7, 11) is 15.0. The highest BCUT2D eigenvalue weighted by Crippen LogP contribution is 2.03. The van der Waals surface area contributed by atoms with Crippen LogP contribution in [0.4, 0.5) is 0 Å². The van der Waals surface area contributed by atoms with Gasteiger partial charge in [0, 0.05) is 75.1 Å². The number of nitrogens with zero attached hydrogens (tertiary/aromatic N) is 12. The zero-order chi connectivity index (χ0) is 51.8. The van der Waals surface area contributed by atoms with Gasteiger partial charge in [0.1, 0.15) is 0 Å². The molecule has 0 rings (SSSR count). The van der Waals surface area contributed by atoms with E-state index in [0.29, 0.717) is 0 Å². The molecule has 0 saturated heterocycles. The summed E-state index contributed by atoms with van der Waals surface area (Å²) >= 11 is 0. The first-order valence-electron chi connectivity index (χ1n) is 18.5. The third-order valence-electron chi connectivity index (χ3n) is 4.20. The van der Waals surface area contributed by atoms with Crippen molar-refractivity contribution in [3.63, 3.8) is 0 Å². The molecule has 60 heavy (non-hydrogen) atoms. The van der Waals surface area contributed by atoms with Crippen LogP contribution in [-0.2, 0) is 0 Å². The van der Waals surface area contributed by atoms with Crippen LogP contribution in [0.1, 0.15) is 111 Å². The molecule has 12 nitrogen and oxygen atoms in total. The molecular formula is C48H100N12. The van der Waals surface area contributed by atoms with E-state index >= 15 is 0 Å². The second kappa shape index (κ2) is 68.6. The average Bonchev–Trinajstić information content (AvgIpc) is 3.12. The minimum Gasteiger partial charge on any atom is -0.382 e. The summed E-state index contributed by atoms with van der Waals surface area (Å²) in [5, 5.41) is 0. The third-order valence-corrected chi connectivity index (χ3v) is 4.20. The second-order valence-electron chi connectivity index (χ2n) is 14.7. The molecular weight excluding hydrogens is 745 g/mol. The summed E-state index contributed by atoms with van der Waals surface area (Å²) < 4.78 is 0. The highest BCUT2D eigenvalue weighted by atomic mass is 15.1. The lowest BCUT2D eigenvalue weighted by Crippen LogP contribution is -2.07. The molecule has 0 N–H and O–H groups in total. The molecule has 0 radical (unpaired) electrons. The fourth-order valence-corrected chi connectivity index (χ4v) is 0.158. The van der Waals surface area contributed by atoms with Crippen LogP contribution in [0.5, 0.6) is 0 Å². The van der Waals surface area contributed by atoms with Crippen molar-refractivity contribution in [2.45, 2.75) is 122 Å². The largest absolute Gasteiger partial charge is 0.382 e. The van der Waals surface area contributed by atoms with E-state index in [2.05, 4.69) is 143 Å². The maximum absolute atomic E-state index is 3.81. The lowest BCUT2D eigenvalue weighted by molar-refractivity contribution is 0.505. The normalized spacial score (nSPS) is 7.75. The summed E-state index contributed by atoms with van der Waals surface area (Å²) in [6.45, 7) is 77.8. The van der Waals surface area contributed by atoms with Crippen LogP contribution in [0.3, 0.4) is 0 Å². The van der Waals surface area contributed by atoms with E-state index < -0.39 is 0 Å². The molecule has 0 aliphatic rings. The van der Waals surface area contributed by atoms with Gasteiger partial charge in [-0.2, -0.15) is 0 Å². The quantitative estimate of drug-likeness (QED) is 0.247. The van der Waals surface area contributed by atoms with Gasteiger partial charge in [-0.3, -0.25) is 39.9 Å². The SMILES string of the molecule is C=C(C)N(C)C.C=NC.C=NC.C=NC(=C)C.C=NC(=C)C.C=NC(=C)C.C=NC(=C)C.C=NC(C)(C)C.C=NC(C)(C)C.C=NC(C)=C(C)C.CN(C)C.CN=C(C)C. The standard InChI is InChI=1S/C6H11N.3C5H11N.C4H9N.4C4H7N.C3H9N.2C2H5N/c1-5(2)6(3)7-4;1-5(2)6(3)4;2*1-5(2,3)6-4;5*1-4(2)5-3;1-4(2)3;2*1-3-2/h4H2,1-3H3;1H2,2-4H3;2*4H2,1-3H3;1-3H3;4*1,3H2,2H3;1-3H3;2*1H2,2H3. The third kappa shape index (κ3) is 326. The molecule has 0 heterocycles. The Bertz CT molecular complexity index is 1090. The van der Waals surface area contributed by atoms with E-state index in [1.807, 2.05) is 128 Å². The number of aliphatic imine (C=N–C) groups is 10. The molecule has 0 amide bonds. The van der Waals surface area contributed by atoms with Gasteiger partial charge in [-0.25, -0.2) is 0 Å². The molecule has 0 aromatic rings. The van der Waals surface area contributed by atoms with Gasteiger partial charge in [-0.15, -0.1) is 0 Å². The Morgan fingerprint density at radius 2 is 0.517 bits per heavy atom. The molecule has 0 unspecified atom stereocenters. The minimum absolute atomic E-state index is 0.0556. The van der Waals surface area contributed by atoms with Gasteiger partial charge in [0.15, 0.2) is 0 Å². The lowest BCUT2D eigenvalue weighted by Gasteiger charge is -2.08. The van der Waals surface area contributed by atoms with Crippen molar-refractivity contribution in [1.82, 2.24) is 9.80 Å². The van der Waals surface area contributed by atoms with Crippen LogP contribution in [-0.4, -0.2) is 143 Å². The predicted molar refractivity (Wildman–Crippen MR) is 293 cm³/mol. The predicted octanol–water partition coefficient (Wildman–Crippen LogP) is 12.8. The van der Waals surface area contributed by atoms with Crippen LogP contribution >= 0.6 is 0 Å². The topological polar surface area (TPSA) is 130 Å². The fraction of sp³-hybridized carbons (Fsp3) is 0.542. The Morgan fingerprint density at radius 3 is 0.517 bits per heavy atom. The van der Waals surface area contributed by atoms with Crippen molar-refractivity contribution < 1.29 is 0 Å². The number of allylic oxidation sites excluding steroid dienone is 7. The van der Waals surface area contributed by atoms with Crippen LogP contribution in [0, 0.1) is 0 Å². The van der Waals surface area contributed by atoms with E-state index in [1.54, 1.807) is 48.8 Å². The summed E-state index contributed by atoms with van der Waals surface area (Å²) in [6, 6.07) is 0. The molecule has 352 valence electrons. The molecule has 0 aromatic heterocycles. The Labute approximate surface area is 375 Å². The monoisotopic (exact) mass is 845 g/mol. The van der Waals surface area contributed by atoms with Crippen LogP contribution in [0.25, 0.3) is 0 Å². The fourth-order valence-electron chi connectivity index (χ4n) is 0.158. The maximum atomic E-state index is 3.81. The summed E-state index contributed by atoms with van der Waals surface area (Å²) in [5.41, 5.74) is 7.67. The summed E-state index contributed by atoms with van der Waals surface area (Å²) in [4.78, 5) is 39.3. The Morgan fingerprint density at radius 1 is 0.400 bits per heavy atom. The molecule has 0 spiro atoms. The van der Waals surface area contributed by atoms with Gasteiger partial charge in [-0.05, 0) is 192 Å². The number of rotatable bonds is 6. The van der Waals surface area contributed by atoms with Gasteiger partial charge in [0.05, 0.1) is 11.1 Å². The molecule has 12 heteroatoms. The number of hydrogen-bond acceptors (Lipinski definition) is 12. The van der Waals surface area contributed by atoms with E-state index in [0.717, 1.165) is 39.9 Å². The molecule has 0 saturated carbocycles. The summed E-state index contributed by atoms with van der Waals surface area (Å²) in [5.74, 6) is 0. The van der Waals surface area contributed by atoms with Crippen LogP contribution in [0.15, 0.2) is 123 Å². The van der Waals surface area contributed by atoms with E-state index in [-0.39, 0.29) is 11.1 Å². The van der Waals surface area contributed by atoms with Gasteiger partial charge in [0.2, 0.25) is 0 Å². The maximum Gasteiger partial charge on any atom is 0.0516 e. The first-order chi connectivity index (χ1) is 26.9. The molecule has 0 aliphatic heterocycles. The molecule has 0 fully saturated rings. The van der Waals surface area contributed by atoms with E-state index in [1.165, 1.54) is 5.57 Å². The van der Waals surface area contributed by atoms with Gasteiger partial charge in [0.25, 0.3) is 0 Å². The minimum atomic E-state index is 0.0556. The van der Waals surface area contributed by atoms with Crippen molar-refractivity contribution in [3.8, 4) is 0 Å². The first kappa shape index (κ1) is 86.7. The van der Waals surface area contributed by atoms with Crippen molar-refractivity contribution >= 4 is 66.2 Å². The van der Waals surface area contributed by atoms with Crippen LogP contribution in [0.2, 0.25) is 0 Å². The van der Waals surface area contributed by atoms with Gasteiger partial charge < -0.3 is 19.8 Å². The molecule has 0 aliphatic carbocycles. The van der Waals surface area contributed by atoms with Crippen molar-refractivity contribution in [1.29, 1.82) is 0 Å². The zero-order valence-electron chi connectivity index (χ0n) is 44.3. The zero-order valence-corrected chi connectivity index (χ0v) is 44.3. The molecule has 0 bridgehead atoms. The highest BCUT2D eigenvalue weighted by molar-refractivity contribution is 5.78. The van der Waals surface area contributed by atoms with Gasteiger partial charge in [-0.1, -0.05) is 38.5 Å². The lowest BCUT2D eigenvalue weighted by atomic mass is 10.1. The first-order valence-corrected chi connectivity index (χ1v) is 18.5. The number of hydrogen-bond donors (Lipinski definition) is 0. The van der Waals surface area contributed by atoms with E-state index in [4.69, 9.17) is 0 Å². The average molecular weight is 845 g/mol. The molecule has 0 atom stereocenters. The highest BCUT2D eigenvalue weighted by Gasteiger charge is 2.01. The van der Waals surface area contributed by atoms with Gasteiger partial charge >= 0.3 is 0 Å². The summed E-state index contributed by atoms with van der Waals surface area (Å²) in [6.07, 6.45) is 0. The molecule has 0 aromatic carbocycles. The smallest absolute Gasteiger partial charge is 0.0516 e. The van der Waals surface area contributed by atoms with Crippen LogP contribution < -0.4 is 0 Å². The Kier molecular flexibility index (Phi) is 99.0.